The Bertz CT molecular complexity index is 1400. The van der Waals surface area contributed by atoms with Crippen LogP contribution in [0.4, 0.5) is 5.69 Å². The molecule has 2 aromatic rings. The van der Waals surface area contributed by atoms with E-state index in [4.69, 9.17) is 5.10 Å². The molecule has 1 unspecified atom stereocenters. The number of hydrazone groups is 1. The minimum Gasteiger partial charge on any atom is -0.389 e. The summed E-state index contributed by atoms with van der Waals surface area (Å²) in [4.78, 5) is 2.22. The third kappa shape index (κ3) is 12.1. The summed E-state index contributed by atoms with van der Waals surface area (Å²) in [5, 5.41) is 14.0. The summed E-state index contributed by atoms with van der Waals surface area (Å²) in [6, 6.07) is 19.3. The van der Waals surface area contributed by atoms with Crippen molar-refractivity contribution in [3.8, 4) is 0 Å². The van der Waals surface area contributed by atoms with Crippen LogP contribution in [-0.4, -0.2) is 48.8 Å². The number of hydrogen-bond donors (Lipinski definition) is 2. The van der Waals surface area contributed by atoms with Crippen LogP contribution in [0.2, 0.25) is 0 Å². The van der Waals surface area contributed by atoms with E-state index in [1.165, 1.54) is 66.5 Å². The van der Waals surface area contributed by atoms with E-state index in [2.05, 4.69) is 129 Å². The van der Waals surface area contributed by atoms with Crippen molar-refractivity contribution in [1.82, 2.24) is 15.2 Å². The molecule has 0 saturated carbocycles. The normalized spacial score (nSPS) is 16.1. The molecule has 0 radical (unpaired) electrons. The van der Waals surface area contributed by atoms with Crippen molar-refractivity contribution in [3.63, 3.8) is 0 Å². The maximum absolute atomic E-state index is 5.15. The number of nitrogens with zero attached hydrogens (tertiary/aromatic N) is 3. The number of allylic oxidation sites excluding steroid dienone is 2. The van der Waals surface area contributed by atoms with Gasteiger partial charge in [-0.1, -0.05) is 122 Å². The van der Waals surface area contributed by atoms with Crippen LogP contribution >= 0.6 is 0 Å². The Morgan fingerprint density at radius 2 is 1.69 bits per heavy atom. The van der Waals surface area contributed by atoms with Gasteiger partial charge in [-0.2, -0.15) is 5.10 Å². The summed E-state index contributed by atoms with van der Waals surface area (Å²) in [6.45, 7) is 29.4. The predicted molar refractivity (Wildman–Crippen MR) is 215 cm³/mol. The van der Waals surface area contributed by atoms with Gasteiger partial charge in [-0.25, -0.2) is 0 Å². The minimum atomic E-state index is 0.220. The number of unbranched alkanes of at least 4 members (excludes halogenated alkanes) is 1. The van der Waals surface area contributed by atoms with Gasteiger partial charge in [0.2, 0.25) is 0 Å². The van der Waals surface area contributed by atoms with Gasteiger partial charge >= 0.3 is 0 Å². The maximum atomic E-state index is 5.15. The lowest BCUT2D eigenvalue weighted by molar-refractivity contribution is 0.265. The van der Waals surface area contributed by atoms with Gasteiger partial charge in [0.15, 0.2) is 0 Å². The van der Waals surface area contributed by atoms with Crippen LogP contribution in [0, 0.1) is 5.41 Å². The molecule has 2 heterocycles. The minimum absolute atomic E-state index is 0.220. The topological polar surface area (TPSA) is 42.9 Å². The SMILES string of the molecule is C=C(CCCC(C)(CC)CC)NCCCCN1N=C(c2ccc(NC)cc2)C(c2ccccc2)CC1=C.C=CC1=C(CCC)CN(C=C)C1. The molecule has 4 rings (SSSR count). The van der Waals surface area contributed by atoms with Crippen molar-refractivity contribution in [3.05, 3.63) is 127 Å². The third-order valence-corrected chi connectivity index (χ3v) is 10.5. The van der Waals surface area contributed by atoms with Crippen LogP contribution in [0.15, 0.2) is 121 Å². The molecule has 0 aliphatic carbocycles. The highest BCUT2D eigenvalue weighted by molar-refractivity contribution is 6.05. The van der Waals surface area contributed by atoms with Crippen LogP contribution in [0.3, 0.4) is 0 Å². The summed E-state index contributed by atoms with van der Waals surface area (Å²) in [5.41, 5.74) is 10.4. The van der Waals surface area contributed by atoms with E-state index in [0.29, 0.717) is 5.41 Å². The zero-order valence-electron chi connectivity index (χ0n) is 31.5. The van der Waals surface area contributed by atoms with Gasteiger partial charge in [-0.05, 0) is 84.5 Å². The predicted octanol–water partition coefficient (Wildman–Crippen LogP) is 11.0. The van der Waals surface area contributed by atoms with E-state index in [9.17, 15) is 0 Å². The second-order valence-corrected chi connectivity index (χ2v) is 13.9. The summed E-state index contributed by atoms with van der Waals surface area (Å²) >= 11 is 0. The summed E-state index contributed by atoms with van der Waals surface area (Å²) in [5.74, 6) is 0.220. The fourth-order valence-corrected chi connectivity index (χ4v) is 6.63. The Balaban J connectivity index is 0.000000456. The van der Waals surface area contributed by atoms with Gasteiger partial charge in [0, 0.05) is 62.6 Å². The Morgan fingerprint density at radius 1 is 0.980 bits per heavy atom. The van der Waals surface area contributed by atoms with Gasteiger partial charge in [0.25, 0.3) is 0 Å². The molecular weight excluding hydrogens is 599 g/mol. The van der Waals surface area contributed by atoms with E-state index in [1.54, 1.807) is 0 Å². The molecule has 0 spiro atoms. The van der Waals surface area contributed by atoms with Crippen molar-refractivity contribution in [2.45, 2.75) is 97.8 Å². The number of rotatable bonds is 19. The van der Waals surface area contributed by atoms with Crippen LogP contribution in [-0.2, 0) is 0 Å². The monoisotopic (exact) mass is 664 g/mol. The Morgan fingerprint density at radius 3 is 2.31 bits per heavy atom. The average molecular weight is 664 g/mol. The zero-order chi connectivity index (χ0) is 35.6. The molecule has 2 aliphatic heterocycles. The molecule has 0 bridgehead atoms. The summed E-state index contributed by atoms with van der Waals surface area (Å²) in [6.07, 6.45) is 15.4. The molecule has 1 atom stereocenters. The molecule has 0 fully saturated rings. The maximum Gasteiger partial charge on any atom is 0.0760 e. The lowest BCUT2D eigenvalue weighted by Gasteiger charge is -2.33. The molecular formula is C44H65N5. The fraction of sp³-hybridized carbons (Fsp3) is 0.477. The first-order chi connectivity index (χ1) is 23.7. The molecule has 0 aromatic heterocycles. The van der Waals surface area contributed by atoms with Crippen molar-refractivity contribution in [2.75, 3.05) is 38.5 Å². The first-order valence-corrected chi connectivity index (χ1v) is 18.7. The third-order valence-electron chi connectivity index (χ3n) is 10.5. The molecule has 266 valence electrons. The van der Waals surface area contributed by atoms with Crippen LogP contribution in [0.1, 0.15) is 109 Å². The molecule has 2 aliphatic rings. The Kier molecular flexibility index (Phi) is 16.5. The first-order valence-electron chi connectivity index (χ1n) is 18.7. The lowest BCUT2D eigenvalue weighted by atomic mass is 9.80. The average Bonchev–Trinajstić information content (AvgIpc) is 3.54. The molecule has 2 N–H and O–H groups in total. The van der Waals surface area contributed by atoms with Gasteiger partial charge < -0.3 is 15.5 Å². The number of benzene rings is 2. The number of nitrogens with one attached hydrogen (secondary N) is 2. The van der Waals surface area contributed by atoms with Crippen LogP contribution in [0.25, 0.3) is 0 Å². The van der Waals surface area contributed by atoms with E-state index >= 15 is 0 Å². The van der Waals surface area contributed by atoms with E-state index < -0.39 is 0 Å². The second-order valence-electron chi connectivity index (χ2n) is 13.9. The second kappa shape index (κ2) is 20.5. The van der Waals surface area contributed by atoms with Crippen molar-refractivity contribution in [2.24, 2.45) is 10.5 Å². The van der Waals surface area contributed by atoms with Crippen LogP contribution < -0.4 is 10.6 Å². The smallest absolute Gasteiger partial charge is 0.0760 e. The molecule has 5 nitrogen and oxygen atoms in total. The number of hydrogen-bond acceptors (Lipinski definition) is 5. The van der Waals surface area contributed by atoms with Gasteiger partial charge in [0.05, 0.1) is 5.71 Å². The Labute approximate surface area is 299 Å². The van der Waals surface area contributed by atoms with E-state index in [1.807, 2.05) is 19.3 Å². The lowest BCUT2D eigenvalue weighted by Crippen LogP contribution is -2.30. The fourth-order valence-electron chi connectivity index (χ4n) is 6.63. The molecule has 0 amide bonds. The van der Waals surface area contributed by atoms with Gasteiger partial charge in [-0.3, -0.25) is 5.01 Å². The van der Waals surface area contributed by atoms with Gasteiger partial charge in [0.1, 0.15) is 0 Å². The summed E-state index contributed by atoms with van der Waals surface area (Å²) < 4.78 is 0. The quantitative estimate of drug-likeness (QED) is 0.147. The van der Waals surface area contributed by atoms with Crippen molar-refractivity contribution >= 4 is 11.4 Å². The molecule has 2 aromatic carbocycles. The zero-order valence-corrected chi connectivity index (χ0v) is 31.5. The Hall–Kier alpha value is -3.99. The van der Waals surface area contributed by atoms with Gasteiger partial charge in [-0.15, -0.1) is 0 Å². The van der Waals surface area contributed by atoms with Crippen LogP contribution in [0.5, 0.6) is 0 Å². The molecule has 5 heteroatoms. The number of anilines is 1. The largest absolute Gasteiger partial charge is 0.389 e. The van der Waals surface area contributed by atoms with Crippen molar-refractivity contribution < 1.29 is 0 Å². The molecule has 49 heavy (non-hydrogen) atoms. The van der Waals surface area contributed by atoms with E-state index in [0.717, 1.165) is 69.0 Å². The summed E-state index contributed by atoms with van der Waals surface area (Å²) in [7, 11) is 1.95. The molecule has 0 saturated heterocycles. The highest BCUT2D eigenvalue weighted by atomic mass is 15.5. The highest BCUT2D eigenvalue weighted by Gasteiger charge is 2.28. The van der Waals surface area contributed by atoms with E-state index in [-0.39, 0.29) is 5.92 Å². The van der Waals surface area contributed by atoms with Crippen molar-refractivity contribution in [1.29, 1.82) is 0 Å². The first kappa shape index (κ1) is 39.4. The highest BCUT2D eigenvalue weighted by Crippen LogP contribution is 2.34. The standard InChI is InChI=1S/C33H48N4.C11H17N/c1-7-33(5,8-2)22-14-15-26(3)35-23-12-13-24-37-27(4)25-31(28-16-10-9-11-17-28)32(36-37)29-18-20-30(34-6)21-19-29;1-4-7-11-9-12(6-3)8-10(11)5-2/h9-11,16-21,31,34-35H,3-4,7-8,12-15,22-25H2,1-2,5-6H3;5-6H,2-4,7-9H2,1H3.